The van der Waals surface area contributed by atoms with E-state index in [0.29, 0.717) is 34.7 Å². The highest BCUT2D eigenvalue weighted by Gasteiger charge is 2.09. The lowest BCUT2D eigenvalue weighted by molar-refractivity contribution is 0.0734. The van der Waals surface area contributed by atoms with Crippen LogP contribution in [0.3, 0.4) is 0 Å². The fourth-order valence-corrected chi connectivity index (χ4v) is 2.13. The number of carbonyl (C=O) groups is 2. The molecule has 0 heterocycles. The molecule has 0 aliphatic heterocycles. The summed E-state index contributed by atoms with van der Waals surface area (Å²) in [5, 5.41) is 9.25. The quantitative estimate of drug-likeness (QED) is 0.430. The molecule has 3 aromatic carbocycles. The SMILES string of the molecule is O=Cc1cccc(C(=O)Oc2ccc(Oc3ccc(O)cc3)cc2)c1. The van der Waals surface area contributed by atoms with Crippen LogP contribution in [0, 0.1) is 0 Å². The van der Waals surface area contributed by atoms with E-state index in [4.69, 9.17) is 9.47 Å². The van der Waals surface area contributed by atoms with Crippen molar-refractivity contribution in [3.63, 3.8) is 0 Å². The normalized spacial score (nSPS) is 10.1. The topological polar surface area (TPSA) is 72.8 Å². The number of esters is 1. The Morgan fingerprint density at radius 1 is 0.840 bits per heavy atom. The van der Waals surface area contributed by atoms with E-state index >= 15 is 0 Å². The number of aldehydes is 1. The van der Waals surface area contributed by atoms with Crippen LogP contribution >= 0.6 is 0 Å². The molecule has 3 rings (SSSR count). The van der Waals surface area contributed by atoms with Crippen molar-refractivity contribution < 1.29 is 24.2 Å². The third-order valence-electron chi connectivity index (χ3n) is 3.37. The molecular formula is C20H14O5. The highest BCUT2D eigenvalue weighted by molar-refractivity contribution is 5.93. The summed E-state index contributed by atoms with van der Waals surface area (Å²) in [6.45, 7) is 0. The number of carbonyl (C=O) groups excluding carboxylic acids is 2. The molecule has 5 nitrogen and oxygen atoms in total. The number of aromatic hydroxyl groups is 1. The monoisotopic (exact) mass is 334 g/mol. The van der Waals surface area contributed by atoms with Crippen LogP contribution in [-0.4, -0.2) is 17.4 Å². The highest BCUT2D eigenvalue weighted by Crippen LogP contribution is 2.25. The molecule has 124 valence electrons. The van der Waals surface area contributed by atoms with Crippen LogP contribution in [-0.2, 0) is 0 Å². The number of hydrogen-bond donors (Lipinski definition) is 1. The van der Waals surface area contributed by atoms with Gasteiger partial charge in [-0.25, -0.2) is 4.79 Å². The Morgan fingerprint density at radius 2 is 1.44 bits per heavy atom. The lowest BCUT2D eigenvalue weighted by Crippen LogP contribution is -2.08. The number of phenolic OH excluding ortho intramolecular Hbond substituents is 1. The van der Waals surface area contributed by atoms with Crippen LogP contribution in [0.25, 0.3) is 0 Å². The van der Waals surface area contributed by atoms with Gasteiger partial charge in [0.1, 0.15) is 29.3 Å². The maximum atomic E-state index is 12.1. The largest absolute Gasteiger partial charge is 0.508 e. The Labute approximate surface area is 144 Å². The Bertz CT molecular complexity index is 883. The minimum atomic E-state index is -0.545. The van der Waals surface area contributed by atoms with Gasteiger partial charge in [-0.15, -0.1) is 0 Å². The molecule has 0 atom stereocenters. The summed E-state index contributed by atoms with van der Waals surface area (Å²) in [4.78, 5) is 22.9. The maximum absolute atomic E-state index is 12.1. The molecule has 1 N–H and O–H groups in total. The molecule has 0 aliphatic carbocycles. The minimum Gasteiger partial charge on any atom is -0.508 e. The molecule has 0 bridgehead atoms. The Balaban J connectivity index is 1.66. The average molecular weight is 334 g/mol. The summed E-state index contributed by atoms with van der Waals surface area (Å²) in [6, 6.07) is 19.2. The summed E-state index contributed by atoms with van der Waals surface area (Å²) in [5.74, 6) is 1.12. The zero-order valence-corrected chi connectivity index (χ0v) is 13.1. The van der Waals surface area contributed by atoms with Crippen molar-refractivity contribution in [1.29, 1.82) is 0 Å². The molecular weight excluding hydrogens is 320 g/mol. The summed E-state index contributed by atoms with van der Waals surface area (Å²) < 4.78 is 10.9. The van der Waals surface area contributed by atoms with Crippen LogP contribution < -0.4 is 9.47 Å². The Kier molecular flexibility index (Phi) is 4.76. The van der Waals surface area contributed by atoms with Gasteiger partial charge in [0.25, 0.3) is 0 Å². The van der Waals surface area contributed by atoms with E-state index in [9.17, 15) is 14.7 Å². The Hall–Kier alpha value is -3.60. The van der Waals surface area contributed by atoms with Gasteiger partial charge in [-0.05, 0) is 60.7 Å². The molecule has 25 heavy (non-hydrogen) atoms. The Morgan fingerprint density at radius 3 is 2.08 bits per heavy atom. The van der Waals surface area contributed by atoms with Gasteiger partial charge >= 0.3 is 5.97 Å². The number of ether oxygens (including phenoxy) is 2. The van der Waals surface area contributed by atoms with E-state index < -0.39 is 5.97 Å². The predicted molar refractivity (Wildman–Crippen MR) is 91.4 cm³/mol. The average Bonchev–Trinajstić information content (AvgIpc) is 2.65. The van der Waals surface area contributed by atoms with Crippen molar-refractivity contribution in [2.75, 3.05) is 0 Å². The first-order chi connectivity index (χ1) is 12.1. The lowest BCUT2D eigenvalue weighted by Gasteiger charge is -2.08. The number of phenols is 1. The van der Waals surface area contributed by atoms with Crippen molar-refractivity contribution in [3.8, 4) is 23.0 Å². The maximum Gasteiger partial charge on any atom is 0.343 e. The smallest absolute Gasteiger partial charge is 0.343 e. The van der Waals surface area contributed by atoms with Gasteiger partial charge in [-0.2, -0.15) is 0 Å². The zero-order chi connectivity index (χ0) is 17.6. The summed E-state index contributed by atoms with van der Waals surface area (Å²) >= 11 is 0. The molecule has 0 amide bonds. The fraction of sp³-hybridized carbons (Fsp3) is 0. The number of rotatable bonds is 5. The van der Waals surface area contributed by atoms with Crippen molar-refractivity contribution in [1.82, 2.24) is 0 Å². The van der Waals surface area contributed by atoms with Crippen LogP contribution in [0.15, 0.2) is 72.8 Å². The van der Waals surface area contributed by atoms with Crippen LogP contribution in [0.4, 0.5) is 0 Å². The minimum absolute atomic E-state index is 0.160. The van der Waals surface area contributed by atoms with E-state index in [2.05, 4.69) is 0 Å². The van der Waals surface area contributed by atoms with Crippen molar-refractivity contribution in [2.24, 2.45) is 0 Å². The third kappa shape index (κ3) is 4.23. The van der Waals surface area contributed by atoms with Crippen molar-refractivity contribution in [3.05, 3.63) is 83.9 Å². The van der Waals surface area contributed by atoms with Crippen LogP contribution in [0.5, 0.6) is 23.0 Å². The lowest BCUT2D eigenvalue weighted by atomic mass is 10.1. The molecule has 0 aliphatic rings. The van der Waals surface area contributed by atoms with Gasteiger partial charge in [0.2, 0.25) is 0 Å². The van der Waals surface area contributed by atoms with Crippen molar-refractivity contribution >= 4 is 12.3 Å². The van der Waals surface area contributed by atoms with Gasteiger partial charge in [-0.3, -0.25) is 4.79 Å². The molecule has 0 unspecified atom stereocenters. The molecule has 0 aromatic heterocycles. The molecule has 3 aromatic rings. The molecule has 0 saturated heterocycles. The summed E-state index contributed by atoms with van der Waals surface area (Å²) in [7, 11) is 0. The summed E-state index contributed by atoms with van der Waals surface area (Å²) in [5.41, 5.74) is 0.709. The molecule has 0 saturated carbocycles. The van der Waals surface area contributed by atoms with E-state index in [0.717, 1.165) is 0 Å². The second-order valence-corrected chi connectivity index (χ2v) is 5.20. The van der Waals surface area contributed by atoms with Crippen molar-refractivity contribution in [2.45, 2.75) is 0 Å². The van der Waals surface area contributed by atoms with Gasteiger partial charge < -0.3 is 14.6 Å². The first-order valence-electron chi connectivity index (χ1n) is 7.48. The first-order valence-corrected chi connectivity index (χ1v) is 7.48. The first kappa shape index (κ1) is 16.3. The number of hydrogen-bond acceptors (Lipinski definition) is 5. The van der Waals surface area contributed by atoms with Gasteiger partial charge in [-0.1, -0.05) is 12.1 Å². The van der Waals surface area contributed by atoms with E-state index in [1.807, 2.05) is 0 Å². The van der Waals surface area contributed by atoms with E-state index in [1.165, 1.54) is 18.2 Å². The third-order valence-corrected chi connectivity index (χ3v) is 3.37. The van der Waals surface area contributed by atoms with Gasteiger partial charge in [0.05, 0.1) is 5.56 Å². The van der Waals surface area contributed by atoms with Crippen LogP contribution in [0.1, 0.15) is 20.7 Å². The fourth-order valence-electron chi connectivity index (χ4n) is 2.13. The van der Waals surface area contributed by atoms with Crippen LogP contribution in [0.2, 0.25) is 0 Å². The highest BCUT2D eigenvalue weighted by atomic mass is 16.5. The zero-order valence-electron chi connectivity index (χ0n) is 13.1. The van der Waals surface area contributed by atoms with Gasteiger partial charge in [0.15, 0.2) is 0 Å². The van der Waals surface area contributed by atoms with E-state index in [-0.39, 0.29) is 5.75 Å². The summed E-state index contributed by atoms with van der Waals surface area (Å²) in [6.07, 6.45) is 0.673. The number of benzene rings is 3. The predicted octanol–water partition coefficient (Wildman–Crippen LogP) is 4.22. The molecule has 5 heteroatoms. The molecule has 0 fully saturated rings. The second-order valence-electron chi connectivity index (χ2n) is 5.20. The standard InChI is InChI=1S/C20H14O5/c21-13-14-2-1-3-15(12-14)20(23)25-19-10-8-18(9-11-19)24-17-6-4-16(22)5-7-17/h1-13,22H. The second kappa shape index (κ2) is 7.31. The molecule has 0 radical (unpaired) electrons. The van der Waals surface area contributed by atoms with Gasteiger partial charge in [0, 0.05) is 5.56 Å². The van der Waals surface area contributed by atoms with E-state index in [1.54, 1.807) is 54.6 Å². The molecule has 0 spiro atoms.